The number of nitrogens with zero attached hydrogens (tertiary/aromatic N) is 2. The van der Waals surface area contributed by atoms with Crippen LogP contribution in [0.15, 0.2) is 36.9 Å². The van der Waals surface area contributed by atoms with Crippen molar-refractivity contribution in [2.24, 2.45) is 5.73 Å². The second-order valence-electron chi connectivity index (χ2n) is 3.61. The Bertz CT molecular complexity index is 454. The second-order valence-corrected chi connectivity index (χ2v) is 3.61. The third kappa shape index (κ3) is 1.92. The van der Waals surface area contributed by atoms with Gasteiger partial charge in [-0.1, -0.05) is 0 Å². The van der Waals surface area contributed by atoms with Gasteiger partial charge in [-0.15, -0.1) is 0 Å². The summed E-state index contributed by atoms with van der Waals surface area (Å²) in [6.45, 7) is 1.93. The molecule has 1 atom stereocenters. The summed E-state index contributed by atoms with van der Waals surface area (Å²) in [5.41, 5.74) is 8.27. The third-order valence-electron chi connectivity index (χ3n) is 2.55. The first-order chi connectivity index (χ1) is 7.70. The predicted octanol–water partition coefficient (Wildman–Crippen LogP) is 1.97. The van der Waals surface area contributed by atoms with Gasteiger partial charge < -0.3 is 5.73 Å². The lowest BCUT2D eigenvalue weighted by Gasteiger charge is -2.14. The SMILES string of the molecule is Cc1ccncc1C(N)c1ccncc1F. The first-order valence-corrected chi connectivity index (χ1v) is 4.95. The fourth-order valence-corrected chi connectivity index (χ4v) is 1.61. The molecule has 16 heavy (non-hydrogen) atoms. The van der Waals surface area contributed by atoms with Crippen LogP contribution >= 0.6 is 0 Å². The Morgan fingerprint density at radius 2 is 1.81 bits per heavy atom. The second kappa shape index (κ2) is 4.37. The molecular weight excluding hydrogens is 205 g/mol. The highest BCUT2D eigenvalue weighted by molar-refractivity contribution is 5.33. The number of aryl methyl sites for hydroxylation is 1. The maximum absolute atomic E-state index is 13.5. The minimum atomic E-state index is -0.503. The number of hydrogen-bond donors (Lipinski definition) is 1. The van der Waals surface area contributed by atoms with Gasteiger partial charge in [0.2, 0.25) is 0 Å². The van der Waals surface area contributed by atoms with Crippen molar-refractivity contribution in [2.75, 3.05) is 0 Å². The van der Waals surface area contributed by atoms with Gasteiger partial charge in [-0.25, -0.2) is 4.39 Å². The van der Waals surface area contributed by atoms with Gasteiger partial charge in [-0.3, -0.25) is 9.97 Å². The summed E-state index contributed by atoms with van der Waals surface area (Å²) >= 11 is 0. The van der Waals surface area contributed by atoms with Crippen molar-refractivity contribution in [1.29, 1.82) is 0 Å². The van der Waals surface area contributed by atoms with Crippen LogP contribution in [0.25, 0.3) is 0 Å². The molecule has 2 aromatic heterocycles. The van der Waals surface area contributed by atoms with Crippen LogP contribution in [0.5, 0.6) is 0 Å². The van der Waals surface area contributed by atoms with Gasteiger partial charge in [0.1, 0.15) is 5.82 Å². The van der Waals surface area contributed by atoms with Crippen LogP contribution in [0.4, 0.5) is 4.39 Å². The Morgan fingerprint density at radius 1 is 1.12 bits per heavy atom. The lowest BCUT2D eigenvalue weighted by molar-refractivity contribution is 0.592. The molecule has 0 fully saturated rings. The van der Waals surface area contributed by atoms with E-state index in [9.17, 15) is 4.39 Å². The summed E-state index contributed by atoms with van der Waals surface area (Å²) in [6, 6.07) is 2.94. The van der Waals surface area contributed by atoms with E-state index in [1.165, 1.54) is 12.4 Å². The summed E-state index contributed by atoms with van der Waals surface area (Å²) in [4.78, 5) is 7.70. The minimum absolute atomic E-state index is 0.391. The predicted molar refractivity (Wildman–Crippen MR) is 59.2 cm³/mol. The van der Waals surface area contributed by atoms with Gasteiger partial charge in [0, 0.05) is 24.2 Å². The summed E-state index contributed by atoms with van der Waals surface area (Å²) in [6.07, 6.45) is 6.05. The molecule has 2 N–H and O–H groups in total. The quantitative estimate of drug-likeness (QED) is 0.836. The maximum Gasteiger partial charge on any atom is 0.146 e. The molecular formula is C12H12FN3. The molecule has 0 radical (unpaired) electrons. The van der Waals surface area contributed by atoms with Crippen molar-refractivity contribution < 1.29 is 4.39 Å². The monoisotopic (exact) mass is 217 g/mol. The summed E-state index contributed by atoms with van der Waals surface area (Å²) < 4.78 is 13.5. The van der Waals surface area contributed by atoms with Crippen LogP contribution < -0.4 is 5.73 Å². The molecule has 1 unspecified atom stereocenters. The van der Waals surface area contributed by atoms with Crippen LogP contribution in [-0.2, 0) is 0 Å². The van der Waals surface area contributed by atoms with Crippen molar-refractivity contribution in [1.82, 2.24) is 9.97 Å². The van der Waals surface area contributed by atoms with Gasteiger partial charge in [-0.2, -0.15) is 0 Å². The summed E-state index contributed by atoms with van der Waals surface area (Å²) in [7, 11) is 0. The number of hydrogen-bond acceptors (Lipinski definition) is 3. The summed E-state index contributed by atoms with van der Waals surface area (Å²) in [5.74, 6) is -0.391. The van der Waals surface area contributed by atoms with E-state index in [0.29, 0.717) is 5.56 Å². The van der Waals surface area contributed by atoms with Crippen LogP contribution in [-0.4, -0.2) is 9.97 Å². The topological polar surface area (TPSA) is 51.8 Å². The Balaban J connectivity index is 2.44. The fraction of sp³-hybridized carbons (Fsp3) is 0.167. The molecule has 0 aliphatic rings. The number of halogens is 1. The van der Waals surface area contributed by atoms with Gasteiger partial charge in [0.05, 0.1) is 12.2 Å². The standard InChI is InChI=1S/C12H12FN3/c1-8-2-4-15-6-10(8)12(14)9-3-5-16-7-11(9)13/h2-7,12H,14H2,1H3. The molecule has 0 aromatic carbocycles. The molecule has 82 valence electrons. The Kier molecular flexibility index (Phi) is 2.92. The molecule has 0 aliphatic carbocycles. The van der Waals surface area contributed by atoms with Crippen LogP contribution in [0.3, 0.4) is 0 Å². The van der Waals surface area contributed by atoms with Crippen molar-refractivity contribution >= 4 is 0 Å². The van der Waals surface area contributed by atoms with E-state index >= 15 is 0 Å². The first kappa shape index (κ1) is 10.7. The number of pyridine rings is 2. The Hall–Kier alpha value is -1.81. The largest absolute Gasteiger partial charge is 0.320 e. The highest BCUT2D eigenvalue weighted by Gasteiger charge is 2.15. The lowest BCUT2D eigenvalue weighted by Crippen LogP contribution is -2.15. The number of rotatable bonds is 2. The normalized spacial score (nSPS) is 12.4. The Labute approximate surface area is 93.2 Å². The summed E-state index contributed by atoms with van der Waals surface area (Å²) in [5, 5.41) is 0. The third-order valence-corrected chi connectivity index (χ3v) is 2.55. The fourth-order valence-electron chi connectivity index (χ4n) is 1.61. The smallest absolute Gasteiger partial charge is 0.146 e. The van der Waals surface area contributed by atoms with E-state index in [0.717, 1.165) is 11.1 Å². The highest BCUT2D eigenvalue weighted by atomic mass is 19.1. The first-order valence-electron chi connectivity index (χ1n) is 4.95. The van der Waals surface area contributed by atoms with E-state index in [1.807, 2.05) is 13.0 Å². The van der Waals surface area contributed by atoms with Gasteiger partial charge in [0.15, 0.2) is 0 Å². The number of aromatic nitrogens is 2. The molecule has 0 bridgehead atoms. The zero-order valence-electron chi connectivity index (χ0n) is 8.89. The maximum atomic E-state index is 13.5. The lowest BCUT2D eigenvalue weighted by atomic mass is 9.98. The molecule has 0 aliphatic heterocycles. The zero-order chi connectivity index (χ0) is 11.5. The molecule has 2 heterocycles. The molecule has 3 nitrogen and oxygen atoms in total. The van der Waals surface area contributed by atoms with Crippen LogP contribution in [0, 0.1) is 12.7 Å². The number of nitrogens with two attached hydrogens (primary N) is 1. The van der Waals surface area contributed by atoms with Gasteiger partial charge >= 0.3 is 0 Å². The van der Waals surface area contributed by atoms with Crippen LogP contribution in [0.1, 0.15) is 22.7 Å². The molecule has 0 spiro atoms. The minimum Gasteiger partial charge on any atom is -0.320 e. The van der Waals surface area contributed by atoms with Crippen molar-refractivity contribution in [3.63, 3.8) is 0 Å². The van der Waals surface area contributed by atoms with E-state index < -0.39 is 11.9 Å². The van der Waals surface area contributed by atoms with Crippen molar-refractivity contribution in [2.45, 2.75) is 13.0 Å². The van der Waals surface area contributed by atoms with Gasteiger partial charge in [0.25, 0.3) is 0 Å². The average molecular weight is 217 g/mol. The molecule has 0 saturated heterocycles. The molecule has 0 saturated carbocycles. The van der Waals surface area contributed by atoms with Crippen LogP contribution in [0.2, 0.25) is 0 Å². The van der Waals surface area contributed by atoms with E-state index in [-0.39, 0.29) is 0 Å². The average Bonchev–Trinajstić information content (AvgIpc) is 2.29. The molecule has 0 amide bonds. The molecule has 4 heteroatoms. The van der Waals surface area contributed by atoms with Gasteiger partial charge in [-0.05, 0) is 30.2 Å². The Morgan fingerprint density at radius 3 is 2.50 bits per heavy atom. The molecule has 2 rings (SSSR count). The van der Waals surface area contributed by atoms with Crippen molar-refractivity contribution in [3.05, 3.63) is 59.4 Å². The van der Waals surface area contributed by atoms with E-state index in [1.54, 1.807) is 18.5 Å². The van der Waals surface area contributed by atoms with E-state index in [2.05, 4.69) is 9.97 Å². The highest BCUT2D eigenvalue weighted by Crippen LogP contribution is 2.22. The molecule has 2 aromatic rings. The van der Waals surface area contributed by atoms with Crippen molar-refractivity contribution in [3.8, 4) is 0 Å². The zero-order valence-corrected chi connectivity index (χ0v) is 8.89. The van der Waals surface area contributed by atoms with E-state index in [4.69, 9.17) is 5.73 Å².